The molecule has 2 N–H and O–H groups in total. The molecule has 1 aliphatic carbocycles. The Morgan fingerprint density at radius 2 is 1.71 bits per heavy atom. The zero-order chi connectivity index (χ0) is 20.6. The highest BCUT2D eigenvalue weighted by Crippen LogP contribution is 2.31. The summed E-state index contributed by atoms with van der Waals surface area (Å²) < 4.78 is 27.6. The fourth-order valence-corrected chi connectivity index (χ4v) is 5.33. The zero-order valence-corrected chi connectivity index (χ0v) is 18.4. The Morgan fingerprint density at radius 3 is 2.32 bits per heavy atom. The van der Waals surface area contributed by atoms with Gasteiger partial charge in [-0.1, -0.05) is 52.5 Å². The van der Waals surface area contributed by atoms with Crippen LogP contribution in [-0.4, -0.2) is 20.4 Å². The van der Waals surface area contributed by atoms with E-state index in [-0.39, 0.29) is 26.5 Å². The molecule has 10 heteroatoms. The lowest BCUT2D eigenvalue weighted by Crippen LogP contribution is -2.29. The molecule has 0 spiro atoms. The van der Waals surface area contributed by atoms with E-state index in [2.05, 4.69) is 10.0 Å². The van der Waals surface area contributed by atoms with Gasteiger partial charge in [-0.05, 0) is 49.6 Å². The molecule has 28 heavy (non-hydrogen) atoms. The van der Waals surface area contributed by atoms with Gasteiger partial charge in [0.05, 0.1) is 21.7 Å². The van der Waals surface area contributed by atoms with Crippen molar-refractivity contribution >= 4 is 62.3 Å². The minimum absolute atomic E-state index is 0.000764. The summed E-state index contributed by atoms with van der Waals surface area (Å²) in [4.78, 5) is 12.5. The lowest BCUT2D eigenvalue weighted by Gasteiger charge is -2.17. The first-order chi connectivity index (χ1) is 13.1. The summed E-state index contributed by atoms with van der Waals surface area (Å²) in [7, 11) is -3.85. The van der Waals surface area contributed by atoms with Crippen LogP contribution in [0, 0.1) is 0 Å². The highest BCUT2D eigenvalue weighted by molar-refractivity contribution is 7.89. The molecular weight excluding hydrogens is 466 g/mol. The van der Waals surface area contributed by atoms with Crippen molar-refractivity contribution in [2.75, 3.05) is 0 Å². The van der Waals surface area contributed by atoms with Crippen molar-refractivity contribution in [2.45, 2.75) is 36.7 Å². The van der Waals surface area contributed by atoms with Crippen molar-refractivity contribution in [3.05, 3.63) is 61.5 Å². The van der Waals surface area contributed by atoms with Crippen molar-refractivity contribution in [1.29, 1.82) is 0 Å². The molecule has 2 aromatic carbocycles. The van der Waals surface area contributed by atoms with E-state index in [1.165, 1.54) is 12.1 Å². The van der Waals surface area contributed by atoms with E-state index in [0.29, 0.717) is 15.6 Å². The van der Waals surface area contributed by atoms with Crippen LogP contribution in [0.2, 0.25) is 20.1 Å². The standard InChI is InChI=1S/C18H16Cl4N2O3S/c1-9(12-5-2-10(19)6-14(12)20)23-18(25)13-7-17(16(22)8-15(13)21)28(26,27)24-11-3-4-11/h2,5-9,11,24H,3-4H2,1H3,(H,23,25). The summed E-state index contributed by atoms with van der Waals surface area (Å²) in [5, 5.41) is 3.63. The number of halogens is 4. The average Bonchev–Trinajstić information content (AvgIpc) is 3.37. The third kappa shape index (κ3) is 4.93. The highest BCUT2D eigenvalue weighted by Gasteiger charge is 2.30. The van der Waals surface area contributed by atoms with Gasteiger partial charge in [-0.3, -0.25) is 4.79 Å². The van der Waals surface area contributed by atoms with Crippen LogP contribution in [0.3, 0.4) is 0 Å². The van der Waals surface area contributed by atoms with Gasteiger partial charge < -0.3 is 5.32 Å². The average molecular weight is 482 g/mol. The molecule has 1 amide bonds. The van der Waals surface area contributed by atoms with Gasteiger partial charge in [0, 0.05) is 16.1 Å². The maximum absolute atomic E-state index is 12.7. The highest BCUT2D eigenvalue weighted by atomic mass is 35.5. The third-order valence-electron chi connectivity index (χ3n) is 4.23. The predicted octanol–water partition coefficient (Wildman–Crippen LogP) is 5.23. The van der Waals surface area contributed by atoms with Crippen LogP contribution in [0.1, 0.15) is 41.7 Å². The van der Waals surface area contributed by atoms with Crippen LogP contribution in [0.25, 0.3) is 0 Å². The summed E-state index contributed by atoms with van der Waals surface area (Å²) in [5.41, 5.74) is 0.659. The fourth-order valence-electron chi connectivity index (χ4n) is 2.60. The minimum atomic E-state index is -3.85. The van der Waals surface area contributed by atoms with E-state index >= 15 is 0 Å². The van der Waals surface area contributed by atoms with E-state index < -0.39 is 22.0 Å². The van der Waals surface area contributed by atoms with Crippen LogP contribution < -0.4 is 10.0 Å². The van der Waals surface area contributed by atoms with Crippen molar-refractivity contribution in [2.24, 2.45) is 0 Å². The third-order valence-corrected chi connectivity index (χ3v) is 7.09. The summed E-state index contributed by atoms with van der Waals surface area (Å²) in [5.74, 6) is -0.553. The number of hydrogen-bond acceptors (Lipinski definition) is 3. The maximum Gasteiger partial charge on any atom is 0.253 e. The summed E-state index contributed by atoms with van der Waals surface area (Å²) in [6.45, 7) is 1.74. The number of nitrogens with one attached hydrogen (secondary N) is 2. The fraction of sp³-hybridized carbons (Fsp3) is 0.278. The van der Waals surface area contributed by atoms with Crippen molar-refractivity contribution in [3.8, 4) is 0 Å². The predicted molar refractivity (Wildman–Crippen MR) is 112 cm³/mol. The summed E-state index contributed by atoms with van der Waals surface area (Å²) in [6.07, 6.45) is 1.55. The van der Waals surface area contributed by atoms with Gasteiger partial charge in [0.1, 0.15) is 4.90 Å². The topological polar surface area (TPSA) is 75.3 Å². The molecule has 1 atom stereocenters. The second-order valence-corrected chi connectivity index (χ2v) is 9.86. The molecule has 1 saturated carbocycles. The molecule has 150 valence electrons. The first-order valence-corrected chi connectivity index (χ1v) is 11.3. The number of carbonyl (C=O) groups is 1. The smallest absolute Gasteiger partial charge is 0.253 e. The Labute approximate surface area is 183 Å². The van der Waals surface area contributed by atoms with Crippen LogP contribution >= 0.6 is 46.4 Å². The molecule has 0 heterocycles. The first-order valence-electron chi connectivity index (χ1n) is 8.35. The summed E-state index contributed by atoms with van der Waals surface area (Å²) in [6, 6.07) is 6.81. The van der Waals surface area contributed by atoms with Gasteiger partial charge in [-0.25, -0.2) is 13.1 Å². The molecular formula is C18H16Cl4N2O3S. The van der Waals surface area contributed by atoms with E-state index in [1.54, 1.807) is 25.1 Å². The van der Waals surface area contributed by atoms with Crippen LogP contribution in [0.4, 0.5) is 0 Å². The largest absolute Gasteiger partial charge is 0.345 e. The Balaban J connectivity index is 1.87. The number of hydrogen-bond donors (Lipinski definition) is 2. The van der Waals surface area contributed by atoms with Crippen LogP contribution in [-0.2, 0) is 10.0 Å². The summed E-state index contributed by atoms with van der Waals surface area (Å²) >= 11 is 24.3. The number of amides is 1. The van der Waals surface area contributed by atoms with E-state index in [4.69, 9.17) is 46.4 Å². The lowest BCUT2D eigenvalue weighted by atomic mass is 10.1. The van der Waals surface area contributed by atoms with Crippen molar-refractivity contribution < 1.29 is 13.2 Å². The number of sulfonamides is 1. The number of carbonyl (C=O) groups excluding carboxylic acids is 1. The van der Waals surface area contributed by atoms with Gasteiger partial charge >= 0.3 is 0 Å². The monoisotopic (exact) mass is 480 g/mol. The van der Waals surface area contributed by atoms with Crippen molar-refractivity contribution in [3.63, 3.8) is 0 Å². The first kappa shape index (κ1) is 21.7. The van der Waals surface area contributed by atoms with Crippen LogP contribution in [0.15, 0.2) is 35.2 Å². The lowest BCUT2D eigenvalue weighted by molar-refractivity contribution is 0.0940. The molecule has 5 nitrogen and oxygen atoms in total. The molecule has 3 rings (SSSR count). The minimum Gasteiger partial charge on any atom is -0.345 e. The molecule has 0 radical (unpaired) electrons. The second kappa shape index (κ2) is 8.38. The molecule has 2 aromatic rings. The Kier molecular flexibility index (Phi) is 6.49. The van der Waals surface area contributed by atoms with E-state index in [1.807, 2.05) is 0 Å². The molecule has 1 aliphatic rings. The van der Waals surface area contributed by atoms with Gasteiger partial charge in [0.25, 0.3) is 5.91 Å². The molecule has 0 aliphatic heterocycles. The van der Waals surface area contributed by atoms with Gasteiger partial charge in [-0.2, -0.15) is 0 Å². The van der Waals surface area contributed by atoms with Crippen molar-refractivity contribution in [1.82, 2.24) is 10.0 Å². The molecule has 0 aromatic heterocycles. The van der Waals surface area contributed by atoms with E-state index in [9.17, 15) is 13.2 Å². The quantitative estimate of drug-likeness (QED) is 0.592. The maximum atomic E-state index is 12.7. The molecule has 1 unspecified atom stereocenters. The Hall–Kier alpha value is -1.02. The van der Waals surface area contributed by atoms with Gasteiger partial charge in [0.15, 0.2) is 0 Å². The Bertz CT molecular complexity index is 1040. The SMILES string of the molecule is CC(NC(=O)c1cc(S(=O)(=O)NC2CC2)c(Cl)cc1Cl)c1ccc(Cl)cc1Cl. The second-order valence-electron chi connectivity index (χ2n) is 6.52. The molecule has 0 saturated heterocycles. The molecule has 1 fully saturated rings. The Morgan fingerprint density at radius 1 is 1.04 bits per heavy atom. The normalized spacial score (nSPS) is 15.3. The van der Waals surface area contributed by atoms with Gasteiger partial charge in [0.2, 0.25) is 10.0 Å². The van der Waals surface area contributed by atoms with Crippen LogP contribution in [0.5, 0.6) is 0 Å². The number of benzene rings is 2. The van der Waals surface area contributed by atoms with E-state index in [0.717, 1.165) is 12.8 Å². The molecule has 0 bridgehead atoms. The number of rotatable bonds is 6. The van der Waals surface area contributed by atoms with Gasteiger partial charge in [-0.15, -0.1) is 0 Å². The zero-order valence-electron chi connectivity index (χ0n) is 14.6.